The molecule has 1 aromatic carbocycles. The summed E-state index contributed by atoms with van der Waals surface area (Å²) >= 11 is 3.53. The zero-order valence-electron chi connectivity index (χ0n) is 10.9. The van der Waals surface area contributed by atoms with Crippen LogP contribution >= 0.6 is 15.9 Å². The molecule has 0 aliphatic heterocycles. The van der Waals surface area contributed by atoms with Crippen LogP contribution in [0.15, 0.2) is 24.3 Å². The number of alkyl halides is 4. The second kappa shape index (κ2) is 6.24. The van der Waals surface area contributed by atoms with Gasteiger partial charge in [-0.3, -0.25) is 0 Å². The van der Waals surface area contributed by atoms with E-state index in [4.69, 9.17) is 4.74 Å². The lowest BCUT2D eigenvalue weighted by Crippen LogP contribution is -2.26. The minimum absolute atomic E-state index is 0.154. The molecule has 1 fully saturated rings. The average molecular weight is 353 g/mol. The number of benzene rings is 1. The van der Waals surface area contributed by atoms with Gasteiger partial charge in [-0.25, -0.2) is 0 Å². The zero-order chi connectivity index (χ0) is 14.6. The van der Waals surface area contributed by atoms with Crippen LogP contribution in [0, 0.1) is 5.41 Å². The summed E-state index contributed by atoms with van der Waals surface area (Å²) in [5, 5.41) is 0.884. The Morgan fingerprint density at radius 1 is 1.05 bits per heavy atom. The molecule has 6 heteroatoms. The van der Waals surface area contributed by atoms with Crippen LogP contribution in [-0.2, 0) is 0 Å². The summed E-state index contributed by atoms with van der Waals surface area (Å²) in [4.78, 5) is 0. The highest BCUT2D eigenvalue weighted by Crippen LogP contribution is 2.40. The highest BCUT2D eigenvalue weighted by molar-refractivity contribution is 9.09. The molecule has 0 unspecified atom stereocenters. The number of ether oxygens (including phenoxy) is 2. The van der Waals surface area contributed by atoms with Crippen molar-refractivity contribution >= 4 is 15.9 Å². The van der Waals surface area contributed by atoms with Crippen molar-refractivity contribution in [2.24, 2.45) is 5.41 Å². The van der Waals surface area contributed by atoms with E-state index >= 15 is 0 Å². The molecule has 0 N–H and O–H groups in total. The van der Waals surface area contributed by atoms with Gasteiger partial charge in [-0.05, 0) is 37.1 Å². The molecule has 0 aromatic heterocycles. The predicted octanol–water partition coefficient (Wildman–Crippen LogP) is 4.92. The summed E-state index contributed by atoms with van der Waals surface area (Å²) in [6, 6.07) is 5.52. The minimum Gasteiger partial charge on any atom is -0.493 e. The SMILES string of the molecule is FC(F)(F)Oc1ccc(OCC2(CBr)CCCC2)cc1. The average Bonchev–Trinajstić information content (AvgIpc) is 2.86. The molecule has 0 saturated heterocycles. The Bertz CT molecular complexity index is 425. The molecule has 0 spiro atoms. The van der Waals surface area contributed by atoms with Gasteiger partial charge in [0.1, 0.15) is 11.5 Å². The quantitative estimate of drug-likeness (QED) is 0.700. The maximum absolute atomic E-state index is 12.0. The molecular weight excluding hydrogens is 337 g/mol. The summed E-state index contributed by atoms with van der Waals surface area (Å²) in [5.74, 6) is 0.327. The third-order valence-electron chi connectivity index (χ3n) is 3.55. The van der Waals surface area contributed by atoms with E-state index in [1.165, 1.54) is 37.1 Å². The summed E-state index contributed by atoms with van der Waals surface area (Å²) < 4.78 is 45.6. The van der Waals surface area contributed by atoms with Gasteiger partial charge in [0.2, 0.25) is 0 Å². The molecule has 1 aliphatic rings. The Morgan fingerprint density at radius 3 is 2.10 bits per heavy atom. The van der Waals surface area contributed by atoms with Crippen LogP contribution in [0.1, 0.15) is 25.7 Å². The Balaban J connectivity index is 1.90. The highest BCUT2D eigenvalue weighted by Gasteiger charge is 2.34. The summed E-state index contributed by atoms with van der Waals surface area (Å²) in [7, 11) is 0. The van der Waals surface area contributed by atoms with Gasteiger partial charge in [0.25, 0.3) is 0 Å². The Morgan fingerprint density at radius 2 is 1.60 bits per heavy atom. The van der Waals surface area contributed by atoms with Crippen LogP contribution in [0.5, 0.6) is 11.5 Å². The Hall–Kier alpha value is -0.910. The smallest absolute Gasteiger partial charge is 0.493 e. The van der Waals surface area contributed by atoms with Gasteiger partial charge in [0.05, 0.1) is 6.61 Å². The van der Waals surface area contributed by atoms with Gasteiger partial charge in [-0.2, -0.15) is 0 Å². The summed E-state index contributed by atoms with van der Waals surface area (Å²) in [6.07, 6.45) is -0.0199. The van der Waals surface area contributed by atoms with E-state index in [0.29, 0.717) is 12.4 Å². The minimum atomic E-state index is -4.66. The van der Waals surface area contributed by atoms with Crippen molar-refractivity contribution in [3.05, 3.63) is 24.3 Å². The topological polar surface area (TPSA) is 18.5 Å². The highest BCUT2D eigenvalue weighted by atomic mass is 79.9. The number of halogens is 4. The van der Waals surface area contributed by atoms with Crippen LogP contribution < -0.4 is 9.47 Å². The van der Waals surface area contributed by atoms with Gasteiger partial charge in [0, 0.05) is 10.7 Å². The van der Waals surface area contributed by atoms with Crippen molar-refractivity contribution in [3.63, 3.8) is 0 Å². The van der Waals surface area contributed by atoms with Gasteiger partial charge < -0.3 is 9.47 Å². The monoisotopic (exact) mass is 352 g/mol. The van der Waals surface area contributed by atoms with E-state index in [2.05, 4.69) is 20.7 Å². The van der Waals surface area contributed by atoms with E-state index in [0.717, 1.165) is 18.2 Å². The lowest BCUT2D eigenvalue weighted by atomic mass is 9.90. The lowest BCUT2D eigenvalue weighted by molar-refractivity contribution is -0.274. The van der Waals surface area contributed by atoms with Crippen LogP contribution in [0.3, 0.4) is 0 Å². The van der Waals surface area contributed by atoms with Crippen molar-refractivity contribution in [1.82, 2.24) is 0 Å². The second-order valence-corrected chi connectivity index (χ2v) is 5.71. The van der Waals surface area contributed by atoms with Crippen molar-refractivity contribution in [1.29, 1.82) is 0 Å². The first-order valence-corrected chi connectivity index (χ1v) is 7.59. The Labute approximate surface area is 124 Å². The molecular formula is C14H16BrF3O2. The molecule has 2 rings (SSSR count). The fourth-order valence-corrected chi connectivity index (χ4v) is 3.14. The van der Waals surface area contributed by atoms with Crippen LogP contribution in [0.25, 0.3) is 0 Å². The fourth-order valence-electron chi connectivity index (χ4n) is 2.42. The molecule has 20 heavy (non-hydrogen) atoms. The van der Waals surface area contributed by atoms with Crippen LogP contribution in [-0.4, -0.2) is 18.3 Å². The normalized spacial score (nSPS) is 18.0. The molecule has 1 aromatic rings. The van der Waals surface area contributed by atoms with Gasteiger partial charge in [-0.15, -0.1) is 13.2 Å². The largest absolute Gasteiger partial charge is 0.573 e. The van der Waals surface area contributed by atoms with Crippen molar-refractivity contribution in [2.75, 3.05) is 11.9 Å². The van der Waals surface area contributed by atoms with E-state index in [1.807, 2.05) is 0 Å². The van der Waals surface area contributed by atoms with E-state index in [9.17, 15) is 13.2 Å². The molecule has 0 atom stereocenters. The van der Waals surface area contributed by atoms with Crippen LogP contribution in [0.2, 0.25) is 0 Å². The first kappa shape index (κ1) is 15.5. The fraction of sp³-hybridized carbons (Fsp3) is 0.571. The predicted molar refractivity (Wildman–Crippen MR) is 73.3 cm³/mol. The number of rotatable bonds is 5. The first-order chi connectivity index (χ1) is 9.42. The van der Waals surface area contributed by atoms with E-state index in [1.54, 1.807) is 0 Å². The van der Waals surface area contributed by atoms with Crippen molar-refractivity contribution < 1.29 is 22.6 Å². The molecule has 2 nitrogen and oxygen atoms in total. The van der Waals surface area contributed by atoms with Crippen molar-refractivity contribution in [2.45, 2.75) is 32.0 Å². The molecule has 0 bridgehead atoms. The lowest BCUT2D eigenvalue weighted by Gasteiger charge is -2.26. The van der Waals surface area contributed by atoms with Gasteiger partial charge in [-0.1, -0.05) is 28.8 Å². The molecule has 1 aliphatic carbocycles. The third kappa shape index (κ3) is 4.30. The second-order valence-electron chi connectivity index (χ2n) is 5.15. The van der Waals surface area contributed by atoms with Gasteiger partial charge >= 0.3 is 6.36 Å². The maximum Gasteiger partial charge on any atom is 0.573 e. The van der Waals surface area contributed by atoms with E-state index < -0.39 is 6.36 Å². The first-order valence-electron chi connectivity index (χ1n) is 6.47. The van der Waals surface area contributed by atoms with E-state index in [-0.39, 0.29) is 11.2 Å². The van der Waals surface area contributed by atoms with Gasteiger partial charge in [0.15, 0.2) is 0 Å². The summed E-state index contributed by atoms with van der Waals surface area (Å²) in [5.41, 5.74) is 0.154. The molecule has 0 radical (unpaired) electrons. The summed E-state index contributed by atoms with van der Waals surface area (Å²) in [6.45, 7) is 0.581. The third-order valence-corrected chi connectivity index (χ3v) is 4.74. The van der Waals surface area contributed by atoms with Crippen LogP contribution in [0.4, 0.5) is 13.2 Å². The number of hydrogen-bond acceptors (Lipinski definition) is 2. The van der Waals surface area contributed by atoms with Crippen molar-refractivity contribution in [3.8, 4) is 11.5 Å². The molecule has 112 valence electrons. The number of hydrogen-bond donors (Lipinski definition) is 0. The standard InChI is InChI=1S/C14H16BrF3O2/c15-9-13(7-1-2-8-13)10-19-11-3-5-12(6-4-11)20-14(16,17)18/h3-6H,1-2,7-10H2. The Kier molecular flexibility index (Phi) is 4.83. The maximum atomic E-state index is 12.0. The molecule has 1 saturated carbocycles. The zero-order valence-corrected chi connectivity index (χ0v) is 12.5. The molecule has 0 heterocycles. The molecule has 0 amide bonds.